The average Bonchev–Trinajstić information content (AvgIpc) is 3.05. The fourth-order valence-corrected chi connectivity index (χ4v) is 4.00. The van der Waals surface area contributed by atoms with Crippen LogP contribution in [0, 0.1) is 5.82 Å². The molecule has 3 N–H and O–H groups in total. The number of hydrogen-bond acceptors (Lipinski definition) is 4. The number of carbonyl (C=O) groups is 2. The summed E-state index contributed by atoms with van der Waals surface area (Å²) < 4.78 is 13.4. The van der Waals surface area contributed by atoms with Crippen molar-refractivity contribution < 1.29 is 14.0 Å². The lowest BCUT2D eigenvalue weighted by Crippen LogP contribution is -2.60. The predicted molar refractivity (Wildman–Crippen MR) is 111 cm³/mol. The van der Waals surface area contributed by atoms with Gasteiger partial charge in [0.2, 0.25) is 11.8 Å². The molecule has 3 unspecified atom stereocenters. The normalized spacial score (nSPS) is 21.8. The lowest BCUT2D eigenvalue weighted by atomic mass is 10.0. The molecule has 0 aliphatic carbocycles. The van der Waals surface area contributed by atoms with E-state index in [2.05, 4.69) is 46.4 Å². The molecular formula is C21H30FN5O2. The van der Waals surface area contributed by atoms with E-state index >= 15 is 0 Å². The quantitative estimate of drug-likeness (QED) is 0.675. The molecule has 2 amide bonds. The molecule has 2 aromatic rings. The topological polar surface area (TPSA) is 80.5 Å². The molecule has 7 nitrogen and oxygen atoms in total. The van der Waals surface area contributed by atoms with Crippen molar-refractivity contribution in [3.63, 3.8) is 0 Å². The van der Waals surface area contributed by atoms with Crippen LogP contribution in [-0.4, -0.2) is 78.5 Å². The van der Waals surface area contributed by atoms with Crippen molar-refractivity contribution in [3.05, 3.63) is 35.8 Å². The first kappa shape index (κ1) is 21.3. The highest BCUT2D eigenvalue weighted by Gasteiger charge is 2.30. The smallest absolute Gasteiger partial charge is 0.242 e. The molecule has 1 aliphatic heterocycles. The Balaban J connectivity index is 1.70. The number of H-pyrrole nitrogens is 1. The third kappa shape index (κ3) is 4.94. The zero-order valence-electron chi connectivity index (χ0n) is 17.5. The van der Waals surface area contributed by atoms with Crippen molar-refractivity contribution in [2.24, 2.45) is 0 Å². The molecule has 1 saturated heterocycles. The molecule has 3 atom stereocenters. The van der Waals surface area contributed by atoms with E-state index in [1.165, 1.54) is 19.1 Å². The monoisotopic (exact) mass is 403 g/mol. The Hall–Kier alpha value is -2.45. The van der Waals surface area contributed by atoms with Crippen LogP contribution in [0.15, 0.2) is 24.4 Å². The van der Waals surface area contributed by atoms with E-state index in [1.807, 2.05) is 0 Å². The molecule has 1 fully saturated rings. The van der Waals surface area contributed by atoms with Crippen LogP contribution in [0.3, 0.4) is 0 Å². The van der Waals surface area contributed by atoms with Crippen molar-refractivity contribution in [1.29, 1.82) is 0 Å². The fraction of sp³-hybridized carbons (Fsp3) is 0.524. The van der Waals surface area contributed by atoms with Gasteiger partial charge < -0.3 is 20.5 Å². The van der Waals surface area contributed by atoms with Gasteiger partial charge in [-0.15, -0.1) is 0 Å². The van der Waals surface area contributed by atoms with Gasteiger partial charge in [-0.05, 0) is 44.8 Å². The van der Waals surface area contributed by atoms with Crippen LogP contribution >= 0.6 is 0 Å². The Bertz CT molecular complexity index is 883. The van der Waals surface area contributed by atoms with E-state index < -0.39 is 6.04 Å². The molecule has 0 saturated carbocycles. The second kappa shape index (κ2) is 8.92. The number of benzene rings is 1. The van der Waals surface area contributed by atoms with Crippen LogP contribution in [0.25, 0.3) is 10.9 Å². The van der Waals surface area contributed by atoms with Gasteiger partial charge in [0.05, 0.1) is 0 Å². The number of likely N-dealkylation sites (N-methyl/N-ethyl adjacent to an activating group) is 2. The van der Waals surface area contributed by atoms with E-state index in [0.29, 0.717) is 24.5 Å². The first-order chi connectivity index (χ1) is 13.8. The second-order valence-corrected chi connectivity index (χ2v) is 7.98. The minimum Gasteiger partial charge on any atom is -0.361 e. The fourth-order valence-electron chi connectivity index (χ4n) is 4.00. The number of carbonyl (C=O) groups excluding carboxylic acids is 2. The summed E-state index contributed by atoms with van der Waals surface area (Å²) in [5.41, 5.74) is 1.53. The third-order valence-electron chi connectivity index (χ3n) is 5.96. The van der Waals surface area contributed by atoms with Gasteiger partial charge >= 0.3 is 0 Å². The second-order valence-electron chi connectivity index (χ2n) is 7.98. The Kier molecular flexibility index (Phi) is 6.54. The maximum atomic E-state index is 13.4. The van der Waals surface area contributed by atoms with Gasteiger partial charge in [-0.3, -0.25) is 14.5 Å². The summed E-state index contributed by atoms with van der Waals surface area (Å²) in [6.07, 6.45) is 2.09. The summed E-state index contributed by atoms with van der Waals surface area (Å²) in [7, 11) is 4.16. The van der Waals surface area contributed by atoms with Crippen molar-refractivity contribution in [2.45, 2.75) is 38.4 Å². The summed E-state index contributed by atoms with van der Waals surface area (Å²) in [6, 6.07) is 4.32. The van der Waals surface area contributed by atoms with E-state index in [0.717, 1.165) is 24.0 Å². The standard InChI is InChI=1S/C21H30FN5O2/c1-13-20(27(4)8-7-26(13)3)12-24-21(29)19(25-14(2)28)9-15-11-23-18-10-16(22)5-6-17(15)18/h5-6,10-11,13,19-20,23H,7-9,12H2,1-4H3,(H,24,29)(H,25,28). The molecule has 8 heteroatoms. The van der Waals surface area contributed by atoms with E-state index in [1.54, 1.807) is 12.3 Å². The Morgan fingerprint density at radius 1 is 1.28 bits per heavy atom. The Labute approximate surface area is 170 Å². The van der Waals surface area contributed by atoms with Crippen LogP contribution < -0.4 is 10.6 Å². The number of halogens is 1. The summed E-state index contributed by atoms with van der Waals surface area (Å²) in [4.78, 5) is 32.2. The van der Waals surface area contributed by atoms with Crippen molar-refractivity contribution in [2.75, 3.05) is 33.7 Å². The summed E-state index contributed by atoms with van der Waals surface area (Å²) >= 11 is 0. The highest BCUT2D eigenvalue weighted by atomic mass is 19.1. The van der Waals surface area contributed by atoms with E-state index in [4.69, 9.17) is 0 Å². The number of nitrogens with zero attached hydrogens (tertiary/aromatic N) is 2. The maximum Gasteiger partial charge on any atom is 0.242 e. The third-order valence-corrected chi connectivity index (χ3v) is 5.96. The van der Waals surface area contributed by atoms with Crippen LogP contribution in [0.4, 0.5) is 4.39 Å². The Morgan fingerprint density at radius 3 is 2.72 bits per heavy atom. The number of rotatable bonds is 6. The molecule has 29 heavy (non-hydrogen) atoms. The number of aromatic nitrogens is 1. The largest absolute Gasteiger partial charge is 0.361 e. The molecule has 2 heterocycles. The molecular weight excluding hydrogens is 373 g/mol. The zero-order valence-corrected chi connectivity index (χ0v) is 17.5. The minimum absolute atomic E-state index is 0.201. The minimum atomic E-state index is -0.696. The number of piperazine rings is 1. The summed E-state index contributed by atoms with van der Waals surface area (Å²) in [5, 5.41) is 6.61. The van der Waals surface area contributed by atoms with Gasteiger partial charge in [0.1, 0.15) is 11.9 Å². The number of nitrogens with one attached hydrogen (secondary N) is 3. The van der Waals surface area contributed by atoms with Gasteiger partial charge in [-0.2, -0.15) is 0 Å². The van der Waals surface area contributed by atoms with Gasteiger partial charge in [0.25, 0.3) is 0 Å². The lowest BCUT2D eigenvalue weighted by molar-refractivity contribution is -0.128. The SMILES string of the molecule is CC(=O)NC(Cc1c[nH]c2cc(F)ccc12)C(=O)NCC1C(C)N(C)CCN1C. The molecule has 0 spiro atoms. The summed E-state index contributed by atoms with van der Waals surface area (Å²) in [5.74, 6) is -0.804. The van der Waals surface area contributed by atoms with Crippen LogP contribution in [-0.2, 0) is 16.0 Å². The van der Waals surface area contributed by atoms with Crippen molar-refractivity contribution in [3.8, 4) is 0 Å². The molecule has 1 aliphatic rings. The molecule has 0 radical (unpaired) electrons. The highest BCUT2D eigenvalue weighted by molar-refractivity contribution is 5.89. The molecule has 1 aromatic heterocycles. The first-order valence-corrected chi connectivity index (χ1v) is 9.97. The van der Waals surface area contributed by atoms with Crippen LogP contribution in [0.1, 0.15) is 19.4 Å². The average molecular weight is 404 g/mol. The maximum absolute atomic E-state index is 13.4. The molecule has 158 valence electrons. The van der Waals surface area contributed by atoms with Gasteiger partial charge in [0, 0.05) is 62.2 Å². The number of aromatic amines is 1. The lowest BCUT2D eigenvalue weighted by Gasteiger charge is -2.43. The molecule has 3 rings (SSSR count). The number of amides is 2. The van der Waals surface area contributed by atoms with E-state index in [9.17, 15) is 14.0 Å². The molecule has 1 aromatic carbocycles. The predicted octanol–water partition coefficient (Wildman–Crippen LogP) is 1.10. The summed E-state index contributed by atoms with van der Waals surface area (Å²) in [6.45, 7) is 6.01. The Morgan fingerprint density at radius 2 is 2.00 bits per heavy atom. The number of hydrogen-bond donors (Lipinski definition) is 3. The van der Waals surface area contributed by atoms with Crippen molar-refractivity contribution >= 4 is 22.7 Å². The van der Waals surface area contributed by atoms with Gasteiger partial charge in [0.15, 0.2) is 0 Å². The highest BCUT2D eigenvalue weighted by Crippen LogP contribution is 2.21. The van der Waals surface area contributed by atoms with Crippen molar-refractivity contribution in [1.82, 2.24) is 25.4 Å². The zero-order chi connectivity index (χ0) is 21.1. The van der Waals surface area contributed by atoms with Gasteiger partial charge in [-0.1, -0.05) is 0 Å². The van der Waals surface area contributed by atoms with Gasteiger partial charge in [-0.25, -0.2) is 4.39 Å². The van der Waals surface area contributed by atoms with Crippen LogP contribution in [0.2, 0.25) is 0 Å². The number of fused-ring (bicyclic) bond motifs is 1. The molecule has 0 bridgehead atoms. The van der Waals surface area contributed by atoms with E-state index in [-0.39, 0.29) is 23.7 Å². The van der Waals surface area contributed by atoms with Crippen LogP contribution in [0.5, 0.6) is 0 Å². The first-order valence-electron chi connectivity index (χ1n) is 9.97.